The second-order valence-electron chi connectivity index (χ2n) is 6.54. The summed E-state index contributed by atoms with van der Waals surface area (Å²) >= 11 is 1.06. The second-order valence-corrected chi connectivity index (χ2v) is 7.57. The molecule has 0 radical (unpaired) electrons. The van der Waals surface area contributed by atoms with Crippen molar-refractivity contribution in [1.29, 1.82) is 5.26 Å². The van der Waals surface area contributed by atoms with E-state index in [4.69, 9.17) is 0 Å². The van der Waals surface area contributed by atoms with Crippen molar-refractivity contribution in [1.82, 2.24) is 9.88 Å². The van der Waals surface area contributed by atoms with Crippen LogP contribution in [0.25, 0.3) is 17.3 Å². The van der Waals surface area contributed by atoms with E-state index in [1.165, 1.54) is 28.8 Å². The van der Waals surface area contributed by atoms with Gasteiger partial charge < -0.3 is 5.32 Å². The number of rotatable bonds is 6. The van der Waals surface area contributed by atoms with Gasteiger partial charge in [-0.2, -0.15) is 5.26 Å². The lowest BCUT2D eigenvalue weighted by atomic mass is 10.2. The highest BCUT2D eigenvalue weighted by Crippen LogP contribution is 2.07. The number of aromatic nitrogens is 1. The molecule has 7 heteroatoms. The van der Waals surface area contributed by atoms with Crippen LogP contribution in [-0.2, 0) is 4.79 Å². The lowest BCUT2D eigenvalue weighted by molar-refractivity contribution is -0.115. The SMILES string of the molecule is CCCCNC(=O)/C(C#N)=c1\s/c(=C\c2ccccc2)c(=O)n1-c1ccc(F)cc1. The minimum atomic E-state index is -0.533. The van der Waals surface area contributed by atoms with E-state index >= 15 is 0 Å². The maximum Gasteiger partial charge on any atom is 0.273 e. The van der Waals surface area contributed by atoms with Gasteiger partial charge in [-0.15, -0.1) is 11.3 Å². The van der Waals surface area contributed by atoms with Crippen LogP contribution in [-0.4, -0.2) is 17.0 Å². The summed E-state index contributed by atoms with van der Waals surface area (Å²) in [4.78, 5) is 25.8. The molecule has 3 rings (SSSR count). The number of halogens is 1. The summed E-state index contributed by atoms with van der Waals surface area (Å²) in [5, 5.41) is 12.4. The predicted molar refractivity (Wildman–Crippen MR) is 116 cm³/mol. The molecule has 0 saturated heterocycles. The Kier molecular flexibility index (Phi) is 6.94. The molecular weight excluding hydrogens is 401 g/mol. The summed E-state index contributed by atoms with van der Waals surface area (Å²) in [7, 11) is 0. The third-order valence-corrected chi connectivity index (χ3v) is 5.47. The Balaban J connectivity index is 2.27. The number of thiazole rings is 1. The van der Waals surface area contributed by atoms with Crippen LogP contribution in [0.4, 0.5) is 4.39 Å². The fraction of sp³-hybridized carbons (Fsp3) is 0.174. The Morgan fingerprint density at radius 3 is 2.53 bits per heavy atom. The zero-order valence-electron chi connectivity index (χ0n) is 16.4. The molecule has 0 unspecified atom stereocenters. The molecule has 3 aromatic rings. The maximum absolute atomic E-state index is 13.4. The van der Waals surface area contributed by atoms with Gasteiger partial charge in [-0.05, 0) is 42.3 Å². The van der Waals surface area contributed by atoms with Crippen LogP contribution in [0.15, 0.2) is 59.4 Å². The largest absolute Gasteiger partial charge is 0.351 e. The predicted octanol–water partition coefficient (Wildman–Crippen LogP) is 2.46. The number of nitrogens with zero attached hydrogens (tertiary/aromatic N) is 2. The van der Waals surface area contributed by atoms with Gasteiger partial charge in [0.05, 0.1) is 10.2 Å². The molecule has 1 aromatic heterocycles. The van der Waals surface area contributed by atoms with Gasteiger partial charge in [0.2, 0.25) is 0 Å². The number of hydrogen-bond donors (Lipinski definition) is 1. The van der Waals surface area contributed by atoms with Crippen LogP contribution in [0.5, 0.6) is 0 Å². The van der Waals surface area contributed by atoms with E-state index in [1.54, 1.807) is 6.08 Å². The molecule has 152 valence electrons. The van der Waals surface area contributed by atoms with Crippen LogP contribution in [0.2, 0.25) is 0 Å². The maximum atomic E-state index is 13.4. The van der Waals surface area contributed by atoms with Gasteiger partial charge in [0.25, 0.3) is 11.5 Å². The van der Waals surface area contributed by atoms with E-state index in [2.05, 4.69) is 5.32 Å². The minimum absolute atomic E-state index is 0.148. The molecule has 5 nitrogen and oxygen atoms in total. The summed E-state index contributed by atoms with van der Waals surface area (Å²) in [5.41, 5.74) is 0.679. The first-order valence-corrected chi connectivity index (χ1v) is 10.3. The van der Waals surface area contributed by atoms with Gasteiger partial charge in [-0.1, -0.05) is 43.7 Å². The zero-order chi connectivity index (χ0) is 21.5. The molecule has 0 aliphatic carbocycles. The average Bonchev–Trinajstić information content (AvgIpc) is 3.06. The first kappa shape index (κ1) is 21.2. The highest BCUT2D eigenvalue weighted by atomic mass is 32.1. The summed E-state index contributed by atoms with van der Waals surface area (Å²) in [5.74, 6) is -0.976. The molecule has 0 saturated carbocycles. The van der Waals surface area contributed by atoms with E-state index in [1.807, 2.05) is 43.3 Å². The van der Waals surface area contributed by atoms with E-state index in [9.17, 15) is 19.2 Å². The third kappa shape index (κ3) is 4.73. The van der Waals surface area contributed by atoms with Crippen molar-refractivity contribution in [3.63, 3.8) is 0 Å². The number of benzene rings is 2. The van der Waals surface area contributed by atoms with Crippen LogP contribution >= 0.6 is 11.3 Å². The quantitative estimate of drug-likeness (QED) is 0.622. The number of unbranched alkanes of at least 4 members (excludes halogenated alkanes) is 1. The van der Waals surface area contributed by atoms with Crippen LogP contribution in [0.1, 0.15) is 25.3 Å². The van der Waals surface area contributed by atoms with Gasteiger partial charge in [0.1, 0.15) is 16.5 Å². The van der Waals surface area contributed by atoms with Crippen molar-refractivity contribution in [2.75, 3.05) is 6.54 Å². The Bertz CT molecular complexity index is 1250. The third-order valence-electron chi connectivity index (χ3n) is 4.37. The highest BCUT2D eigenvalue weighted by molar-refractivity contribution is 7.07. The number of nitriles is 1. The Morgan fingerprint density at radius 2 is 1.90 bits per heavy atom. The van der Waals surface area contributed by atoms with E-state index < -0.39 is 11.7 Å². The molecule has 1 N–H and O–H groups in total. The normalized spacial score (nSPS) is 12.4. The molecule has 0 bridgehead atoms. The number of carbonyl (C=O) groups excluding carboxylic acids is 1. The molecule has 0 atom stereocenters. The lowest BCUT2D eigenvalue weighted by Crippen LogP contribution is -2.34. The van der Waals surface area contributed by atoms with Crippen LogP contribution in [0.3, 0.4) is 0 Å². The minimum Gasteiger partial charge on any atom is -0.351 e. The van der Waals surface area contributed by atoms with Crippen molar-refractivity contribution >= 4 is 28.9 Å². The highest BCUT2D eigenvalue weighted by Gasteiger charge is 2.16. The first-order chi connectivity index (χ1) is 14.5. The molecule has 0 spiro atoms. The van der Waals surface area contributed by atoms with Gasteiger partial charge in [-0.25, -0.2) is 4.39 Å². The Morgan fingerprint density at radius 1 is 1.20 bits per heavy atom. The topological polar surface area (TPSA) is 74.9 Å². The van der Waals surface area contributed by atoms with Crippen LogP contribution in [0, 0.1) is 17.1 Å². The molecule has 0 aliphatic rings. The summed E-state index contributed by atoms with van der Waals surface area (Å²) in [6, 6.07) is 16.6. The summed E-state index contributed by atoms with van der Waals surface area (Å²) in [6.45, 7) is 2.44. The summed E-state index contributed by atoms with van der Waals surface area (Å²) < 4.78 is 15.3. The molecule has 1 amide bonds. The number of hydrogen-bond acceptors (Lipinski definition) is 4. The molecular formula is C23H20FN3O2S. The lowest BCUT2D eigenvalue weighted by Gasteiger charge is -2.05. The van der Waals surface area contributed by atoms with E-state index in [0.29, 0.717) is 16.8 Å². The first-order valence-electron chi connectivity index (χ1n) is 9.52. The number of carbonyl (C=O) groups is 1. The van der Waals surface area contributed by atoms with Gasteiger partial charge >= 0.3 is 0 Å². The van der Waals surface area contributed by atoms with Gasteiger partial charge in [-0.3, -0.25) is 14.2 Å². The summed E-state index contributed by atoms with van der Waals surface area (Å²) in [6.07, 6.45) is 3.39. The Hall–Kier alpha value is -3.50. The van der Waals surface area contributed by atoms with Crippen molar-refractivity contribution in [2.45, 2.75) is 19.8 Å². The monoisotopic (exact) mass is 421 g/mol. The average molecular weight is 421 g/mol. The number of nitrogens with one attached hydrogen (secondary N) is 1. The molecule has 2 aromatic carbocycles. The fourth-order valence-electron chi connectivity index (χ4n) is 2.84. The fourth-order valence-corrected chi connectivity index (χ4v) is 3.94. The second kappa shape index (κ2) is 9.81. The van der Waals surface area contributed by atoms with Gasteiger partial charge in [0, 0.05) is 6.54 Å². The smallest absolute Gasteiger partial charge is 0.273 e. The van der Waals surface area contributed by atoms with E-state index in [-0.39, 0.29) is 15.8 Å². The van der Waals surface area contributed by atoms with Gasteiger partial charge in [0.15, 0.2) is 5.57 Å². The van der Waals surface area contributed by atoms with Crippen molar-refractivity contribution in [3.8, 4) is 11.8 Å². The molecule has 0 aliphatic heterocycles. The van der Waals surface area contributed by atoms with Crippen LogP contribution < -0.4 is 20.1 Å². The molecule has 0 fully saturated rings. The Labute approximate surface area is 177 Å². The van der Waals surface area contributed by atoms with Crippen molar-refractivity contribution in [2.24, 2.45) is 0 Å². The zero-order valence-corrected chi connectivity index (χ0v) is 17.2. The standard InChI is InChI=1S/C23H20FN3O2S/c1-2-3-13-26-21(28)19(15-25)23-27(18-11-9-17(24)10-12-18)22(29)20(30-23)14-16-7-5-4-6-8-16/h4-12,14H,2-3,13H2,1H3,(H,26,28)/b20-14-,23-19-. The number of amides is 1. The molecule has 1 heterocycles. The van der Waals surface area contributed by atoms with Crippen molar-refractivity contribution < 1.29 is 9.18 Å². The molecule has 30 heavy (non-hydrogen) atoms. The van der Waals surface area contributed by atoms with E-state index in [0.717, 1.165) is 29.7 Å². The van der Waals surface area contributed by atoms with Crippen molar-refractivity contribution in [3.05, 3.63) is 85.5 Å².